The largest absolute Gasteiger partial charge is 0.580 e. The first kappa shape index (κ1) is 12.4. The standard InChI is InChI=1S/C13H10N6O3/c20-13(21-18-11-7-3-1-5-9(11)14-16-18)22-19-12-8-4-2-6-10(12)15-17-19/h1-8H,16H2. The number of hydrogen-bond acceptors (Lipinski definition) is 5. The average molecular weight is 298 g/mol. The second-order valence-corrected chi connectivity index (χ2v) is 4.44. The van der Waals surface area contributed by atoms with Crippen molar-refractivity contribution in [1.82, 2.24) is 10.3 Å². The van der Waals surface area contributed by atoms with Crippen molar-refractivity contribution < 1.29 is 24.8 Å². The Labute approximate surface area is 123 Å². The minimum atomic E-state index is -0.946. The number of quaternary nitrogens is 1. The van der Waals surface area contributed by atoms with Crippen LogP contribution in [0, 0.1) is 0 Å². The summed E-state index contributed by atoms with van der Waals surface area (Å²) in [6.07, 6.45) is -0.946. The van der Waals surface area contributed by atoms with Crippen LogP contribution in [0.15, 0.2) is 48.5 Å². The van der Waals surface area contributed by atoms with Crippen molar-refractivity contribution in [2.24, 2.45) is 0 Å². The van der Waals surface area contributed by atoms with Crippen molar-refractivity contribution in [2.45, 2.75) is 0 Å². The highest BCUT2D eigenvalue weighted by atomic mass is 16.9. The lowest BCUT2D eigenvalue weighted by Crippen LogP contribution is -2.88. The summed E-state index contributed by atoms with van der Waals surface area (Å²) in [7, 11) is 0. The molecule has 1 aromatic heterocycles. The zero-order valence-corrected chi connectivity index (χ0v) is 11.2. The summed E-state index contributed by atoms with van der Waals surface area (Å²) in [5.74, 6) is 0. The van der Waals surface area contributed by atoms with E-state index in [4.69, 9.17) is 9.68 Å². The Hall–Kier alpha value is -3.33. The first-order chi connectivity index (χ1) is 10.8. The summed E-state index contributed by atoms with van der Waals surface area (Å²) < 4.78 is 0. The molecule has 9 nitrogen and oxygen atoms in total. The lowest BCUT2D eigenvalue weighted by atomic mass is 10.3. The third-order valence-corrected chi connectivity index (χ3v) is 3.08. The number of fused-ring (bicyclic) bond motifs is 2. The summed E-state index contributed by atoms with van der Waals surface area (Å²) in [6, 6.07) is 14.4. The fraction of sp³-hybridized carbons (Fsp3) is 0. The fourth-order valence-electron chi connectivity index (χ4n) is 2.09. The molecule has 2 heterocycles. The van der Waals surface area contributed by atoms with E-state index in [0.29, 0.717) is 22.4 Å². The minimum absolute atomic E-state index is 0.565. The molecule has 1 aliphatic rings. The molecule has 2 N–H and O–H groups in total. The van der Waals surface area contributed by atoms with E-state index in [9.17, 15) is 4.79 Å². The number of nitrogens with zero attached hydrogens (tertiary/aromatic N) is 5. The Balaban J connectivity index is 1.50. The first-order valence-electron chi connectivity index (χ1n) is 6.44. The predicted molar refractivity (Wildman–Crippen MR) is 72.2 cm³/mol. The Morgan fingerprint density at radius 2 is 2.00 bits per heavy atom. The minimum Gasteiger partial charge on any atom is -0.459 e. The van der Waals surface area contributed by atoms with Crippen LogP contribution in [0.2, 0.25) is 0 Å². The lowest BCUT2D eigenvalue weighted by Gasteiger charge is -2.15. The summed E-state index contributed by atoms with van der Waals surface area (Å²) >= 11 is 0. The van der Waals surface area contributed by atoms with E-state index in [1.807, 2.05) is 24.3 Å². The number of nitrogens with two attached hydrogens (primary N) is 1. The Morgan fingerprint density at radius 3 is 2.95 bits per heavy atom. The first-order valence-corrected chi connectivity index (χ1v) is 6.44. The predicted octanol–water partition coefficient (Wildman–Crippen LogP) is -0.122. The maximum Gasteiger partial charge on any atom is 0.580 e. The van der Waals surface area contributed by atoms with Gasteiger partial charge >= 0.3 is 6.16 Å². The molecular weight excluding hydrogens is 288 g/mol. The number of anilines is 1. The van der Waals surface area contributed by atoms with Gasteiger partial charge in [0, 0.05) is 0 Å². The molecule has 0 fully saturated rings. The molecule has 0 radical (unpaired) electrons. The number of rotatable bonds is 2. The van der Waals surface area contributed by atoms with Gasteiger partial charge in [-0.25, -0.2) is 4.84 Å². The number of aromatic nitrogens is 3. The van der Waals surface area contributed by atoms with Gasteiger partial charge in [-0.1, -0.05) is 36.0 Å². The zero-order chi connectivity index (χ0) is 14.9. The molecule has 0 atom stereocenters. The van der Waals surface area contributed by atoms with Gasteiger partial charge in [0.25, 0.3) is 0 Å². The Kier molecular flexibility index (Phi) is 2.76. The molecule has 0 amide bonds. The van der Waals surface area contributed by atoms with Crippen LogP contribution in [0.25, 0.3) is 16.5 Å². The summed E-state index contributed by atoms with van der Waals surface area (Å²) in [4.78, 5) is 23.0. The molecule has 3 aromatic rings. The zero-order valence-electron chi connectivity index (χ0n) is 11.2. The molecule has 9 heteroatoms. The molecular formula is C13H10N6O3. The molecule has 0 aliphatic carbocycles. The van der Waals surface area contributed by atoms with E-state index >= 15 is 0 Å². The van der Waals surface area contributed by atoms with Crippen molar-refractivity contribution in [3.63, 3.8) is 0 Å². The molecule has 0 spiro atoms. The second-order valence-electron chi connectivity index (χ2n) is 4.44. The van der Waals surface area contributed by atoms with E-state index in [1.54, 1.807) is 24.3 Å². The molecule has 0 saturated heterocycles. The molecule has 0 bridgehead atoms. The fourth-order valence-corrected chi connectivity index (χ4v) is 2.09. The highest BCUT2D eigenvalue weighted by Gasteiger charge is 2.22. The summed E-state index contributed by atoms with van der Waals surface area (Å²) in [5, 5.41) is 8.86. The lowest BCUT2D eigenvalue weighted by molar-refractivity contribution is -0.901. The van der Waals surface area contributed by atoms with E-state index < -0.39 is 6.16 Å². The number of carbonyl (C=O) groups is 1. The van der Waals surface area contributed by atoms with E-state index in [2.05, 4.69) is 15.7 Å². The van der Waals surface area contributed by atoms with Gasteiger partial charge in [0.15, 0.2) is 0 Å². The highest BCUT2D eigenvalue weighted by molar-refractivity contribution is 5.73. The van der Waals surface area contributed by atoms with Crippen molar-refractivity contribution >= 4 is 28.6 Å². The van der Waals surface area contributed by atoms with Crippen molar-refractivity contribution in [3.8, 4) is 0 Å². The third-order valence-electron chi connectivity index (χ3n) is 3.08. The van der Waals surface area contributed by atoms with Gasteiger partial charge in [0.2, 0.25) is 11.0 Å². The number of para-hydroxylation sites is 2. The number of carbonyl (C=O) groups excluding carboxylic acids is 1. The monoisotopic (exact) mass is 298 g/mol. The van der Waals surface area contributed by atoms with Crippen LogP contribution < -0.4 is 25.6 Å². The quantitative estimate of drug-likeness (QED) is 0.402. The van der Waals surface area contributed by atoms with E-state index in [0.717, 1.165) is 4.85 Å². The van der Waals surface area contributed by atoms with Gasteiger partial charge in [-0.05, 0) is 23.4 Å². The van der Waals surface area contributed by atoms with Gasteiger partial charge < -0.3 is 5.43 Å². The molecule has 110 valence electrons. The molecule has 0 unspecified atom stereocenters. The van der Waals surface area contributed by atoms with Gasteiger partial charge in [-0.3, -0.25) is 15.6 Å². The van der Waals surface area contributed by atoms with Crippen molar-refractivity contribution in [3.05, 3.63) is 54.0 Å². The van der Waals surface area contributed by atoms with Crippen molar-refractivity contribution in [2.75, 3.05) is 5.17 Å². The second kappa shape index (κ2) is 4.90. The van der Waals surface area contributed by atoms with Crippen LogP contribution in [-0.4, -0.2) is 11.3 Å². The SMILES string of the molecule is O=C(ON1[NH2+][N-]c2ccccc21)O[n+]1[n-]nc2ccccc21. The van der Waals surface area contributed by atoms with Crippen LogP contribution >= 0.6 is 0 Å². The average Bonchev–Trinajstić information content (AvgIpc) is 3.13. The number of benzene rings is 2. The normalized spacial score (nSPS) is 12.8. The van der Waals surface area contributed by atoms with Gasteiger partial charge in [-0.2, -0.15) is 4.79 Å². The van der Waals surface area contributed by atoms with Gasteiger partial charge in [0.05, 0.1) is 0 Å². The van der Waals surface area contributed by atoms with E-state index in [1.165, 1.54) is 10.7 Å². The molecule has 22 heavy (non-hydrogen) atoms. The smallest absolute Gasteiger partial charge is 0.459 e. The summed E-state index contributed by atoms with van der Waals surface area (Å²) in [6.45, 7) is 0. The van der Waals surface area contributed by atoms with Crippen LogP contribution in [0.5, 0.6) is 0 Å². The molecule has 2 aromatic carbocycles. The Bertz CT molecular complexity index is 848. The van der Waals surface area contributed by atoms with Crippen LogP contribution in [0.1, 0.15) is 0 Å². The van der Waals surface area contributed by atoms with Crippen LogP contribution in [0.4, 0.5) is 16.2 Å². The molecule has 0 saturated carbocycles. The maximum absolute atomic E-state index is 11.9. The van der Waals surface area contributed by atoms with Crippen LogP contribution in [0.3, 0.4) is 0 Å². The summed E-state index contributed by atoms with van der Waals surface area (Å²) in [5.41, 5.74) is 8.05. The Morgan fingerprint density at radius 1 is 1.18 bits per heavy atom. The highest BCUT2D eigenvalue weighted by Crippen LogP contribution is 2.31. The topological polar surface area (TPSA) is 100 Å². The van der Waals surface area contributed by atoms with Gasteiger partial charge in [-0.15, -0.1) is 9.94 Å². The molecule has 1 aliphatic heterocycles. The maximum atomic E-state index is 11.9. The van der Waals surface area contributed by atoms with E-state index in [-0.39, 0.29) is 0 Å². The van der Waals surface area contributed by atoms with Gasteiger partial charge in [0.1, 0.15) is 5.69 Å². The van der Waals surface area contributed by atoms with Crippen LogP contribution in [-0.2, 0) is 4.84 Å². The number of hydrogen-bond donors (Lipinski definition) is 1. The molecule has 4 rings (SSSR count). The van der Waals surface area contributed by atoms with Crippen molar-refractivity contribution in [1.29, 1.82) is 0 Å². The third kappa shape index (κ3) is 2.05.